The summed E-state index contributed by atoms with van der Waals surface area (Å²) in [6.07, 6.45) is 5.46. The molecule has 94 valence electrons. The molecule has 0 heterocycles. The van der Waals surface area contributed by atoms with E-state index in [9.17, 15) is 0 Å². The molecular formula is C16H25N. The van der Waals surface area contributed by atoms with E-state index >= 15 is 0 Å². The second-order valence-electron chi connectivity index (χ2n) is 5.70. The highest BCUT2D eigenvalue weighted by molar-refractivity contribution is 5.28. The fraction of sp³-hybridized carbons (Fsp3) is 0.625. The summed E-state index contributed by atoms with van der Waals surface area (Å²) in [7, 11) is 0. The van der Waals surface area contributed by atoms with Crippen LogP contribution in [0, 0.1) is 12.8 Å². The van der Waals surface area contributed by atoms with E-state index < -0.39 is 0 Å². The summed E-state index contributed by atoms with van der Waals surface area (Å²) >= 11 is 0. The number of hydrogen-bond donors (Lipinski definition) is 1. The summed E-state index contributed by atoms with van der Waals surface area (Å²) in [5.74, 6) is 0.932. The van der Waals surface area contributed by atoms with Crippen molar-refractivity contribution in [3.05, 3.63) is 35.4 Å². The molecule has 1 heteroatoms. The van der Waals surface area contributed by atoms with Crippen molar-refractivity contribution in [1.82, 2.24) is 5.32 Å². The van der Waals surface area contributed by atoms with E-state index in [-0.39, 0.29) is 0 Å². The van der Waals surface area contributed by atoms with Gasteiger partial charge in [-0.25, -0.2) is 0 Å². The maximum Gasteiger partial charge on any atom is 0.0296 e. The molecule has 0 spiro atoms. The third kappa shape index (κ3) is 3.32. The van der Waals surface area contributed by atoms with Crippen molar-refractivity contribution < 1.29 is 0 Å². The first-order chi connectivity index (χ1) is 8.16. The Hall–Kier alpha value is -0.820. The largest absolute Gasteiger partial charge is 0.307 e. The topological polar surface area (TPSA) is 12.0 Å². The summed E-state index contributed by atoms with van der Waals surface area (Å²) in [4.78, 5) is 0. The Morgan fingerprint density at radius 3 is 2.41 bits per heavy atom. The van der Waals surface area contributed by atoms with Crippen LogP contribution >= 0.6 is 0 Å². The van der Waals surface area contributed by atoms with Gasteiger partial charge in [0.25, 0.3) is 0 Å². The molecule has 17 heavy (non-hydrogen) atoms. The number of rotatable bonds is 3. The lowest BCUT2D eigenvalue weighted by atomic mass is 9.86. The molecule has 1 atom stereocenters. The number of hydrogen-bond acceptors (Lipinski definition) is 1. The summed E-state index contributed by atoms with van der Waals surface area (Å²) < 4.78 is 0. The average molecular weight is 231 g/mol. The fourth-order valence-corrected chi connectivity index (χ4v) is 2.94. The maximum atomic E-state index is 3.80. The van der Waals surface area contributed by atoms with Crippen LogP contribution in [0.3, 0.4) is 0 Å². The molecule has 1 nitrogen and oxygen atoms in total. The molecule has 2 rings (SSSR count). The molecule has 0 aromatic heterocycles. The molecule has 1 saturated carbocycles. The summed E-state index contributed by atoms with van der Waals surface area (Å²) in [6.45, 7) is 6.87. The van der Waals surface area contributed by atoms with Gasteiger partial charge in [0.05, 0.1) is 0 Å². The third-order valence-corrected chi connectivity index (χ3v) is 4.16. The van der Waals surface area contributed by atoms with Crippen molar-refractivity contribution in [2.45, 2.75) is 58.5 Å². The van der Waals surface area contributed by atoms with Crippen LogP contribution in [-0.2, 0) is 0 Å². The maximum absolute atomic E-state index is 3.80. The van der Waals surface area contributed by atoms with Crippen molar-refractivity contribution in [2.24, 2.45) is 5.92 Å². The van der Waals surface area contributed by atoms with E-state index in [0.29, 0.717) is 6.04 Å². The van der Waals surface area contributed by atoms with Crippen LogP contribution in [0.2, 0.25) is 0 Å². The molecule has 0 unspecified atom stereocenters. The van der Waals surface area contributed by atoms with Gasteiger partial charge in [0.1, 0.15) is 0 Å². The van der Waals surface area contributed by atoms with E-state index in [0.717, 1.165) is 12.0 Å². The quantitative estimate of drug-likeness (QED) is 0.821. The molecule has 0 saturated heterocycles. The highest BCUT2D eigenvalue weighted by Crippen LogP contribution is 2.26. The van der Waals surface area contributed by atoms with Gasteiger partial charge < -0.3 is 5.32 Å². The Kier molecular flexibility index (Phi) is 4.22. The van der Waals surface area contributed by atoms with Crippen LogP contribution in [0.15, 0.2) is 24.3 Å². The van der Waals surface area contributed by atoms with Gasteiger partial charge in [-0.05, 0) is 56.6 Å². The molecule has 1 aliphatic rings. The van der Waals surface area contributed by atoms with E-state index in [1.165, 1.54) is 36.8 Å². The first-order valence-electron chi connectivity index (χ1n) is 6.98. The van der Waals surface area contributed by atoms with Crippen LogP contribution in [-0.4, -0.2) is 6.04 Å². The summed E-state index contributed by atoms with van der Waals surface area (Å²) in [6, 6.07) is 9.92. The van der Waals surface area contributed by atoms with Crippen LogP contribution in [0.5, 0.6) is 0 Å². The highest BCUT2D eigenvalue weighted by Gasteiger charge is 2.20. The van der Waals surface area contributed by atoms with E-state index in [4.69, 9.17) is 0 Å². The van der Waals surface area contributed by atoms with Crippen molar-refractivity contribution in [1.29, 1.82) is 0 Å². The minimum absolute atomic E-state index is 0.481. The Morgan fingerprint density at radius 2 is 1.76 bits per heavy atom. The van der Waals surface area contributed by atoms with Gasteiger partial charge in [0, 0.05) is 12.1 Å². The lowest BCUT2D eigenvalue weighted by molar-refractivity contribution is 0.291. The molecule has 1 aliphatic carbocycles. The van der Waals surface area contributed by atoms with E-state index in [1.54, 1.807) is 0 Å². The van der Waals surface area contributed by atoms with Crippen molar-refractivity contribution >= 4 is 0 Å². The predicted molar refractivity (Wildman–Crippen MR) is 74.1 cm³/mol. The summed E-state index contributed by atoms with van der Waals surface area (Å²) in [5, 5.41) is 3.80. The first-order valence-corrected chi connectivity index (χ1v) is 6.98. The molecule has 0 bridgehead atoms. The molecule has 0 amide bonds. The number of benzene rings is 1. The van der Waals surface area contributed by atoms with Crippen molar-refractivity contribution in [2.75, 3.05) is 0 Å². The normalized spacial score (nSPS) is 26.8. The standard InChI is InChI=1S/C16H25N/c1-12-8-10-15(11-9-12)17-14(3)16-7-5-4-6-13(16)2/h4-7,12,14-15,17H,8-11H2,1-3H3/t12?,14-,15?/m0/s1. The van der Waals surface area contributed by atoms with Gasteiger partial charge in [-0.2, -0.15) is 0 Å². The lowest BCUT2D eigenvalue weighted by Gasteiger charge is -2.30. The molecule has 0 radical (unpaired) electrons. The molecule has 0 aliphatic heterocycles. The smallest absolute Gasteiger partial charge is 0.0296 e. The Bertz CT molecular complexity index is 350. The van der Waals surface area contributed by atoms with Gasteiger partial charge in [0.2, 0.25) is 0 Å². The van der Waals surface area contributed by atoms with Crippen molar-refractivity contribution in [3.8, 4) is 0 Å². The molecule has 1 aromatic carbocycles. The summed E-state index contributed by atoms with van der Waals surface area (Å²) in [5.41, 5.74) is 2.85. The van der Waals surface area contributed by atoms with Crippen molar-refractivity contribution in [3.63, 3.8) is 0 Å². The Labute approximate surface area is 106 Å². The van der Waals surface area contributed by atoms with Crippen LogP contribution in [0.25, 0.3) is 0 Å². The Balaban J connectivity index is 1.93. The Morgan fingerprint density at radius 1 is 1.12 bits per heavy atom. The van der Waals surface area contributed by atoms with E-state index in [2.05, 4.69) is 50.4 Å². The predicted octanol–water partition coefficient (Wildman–Crippen LogP) is 4.22. The minimum atomic E-state index is 0.481. The molecular weight excluding hydrogens is 206 g/mol. The third-order valence-electron chi connectivity index (χ3n) is 4.16. The highest BCUT2D eigenvalue weighted by atomic mass is 14.9. The zero-order chi connectivity index (χ0) is 12.3. The molecule has 1 fully saturated rings. The van der Waals surface area contributed by atoms with E-state index in [1.807, 2.05) is 0 Å². The second kappa shape index (κ2) is 5.68. The first kappa shape index (κ1) is 12.6. The monoisotopic (exact) mass is 231 g/mol. The van der Waals surface area contributed by atoms with Crippen LogP contribution in [0.4, 0.5) is 0 Å². The van der Waals surface area contributed by atoms with Crippen LogP contribution < -0.4 is 5.32 Å². The number of aryl methyl sites for hydroxylation is 1. The molecule has 1 aromatic rings. The molecule has 1 N–H and O–H groups in total. The number of nitrogens with one attached hydrogen (secondary N) is 1. The van der Waals surface area contributed by atoms with Gasteiger partial charge in [-0.3, -0.25) is 0 Å². The van der Waals surface area contributed by atoms with Crippen LogP contribution in [0.1, 0.15) is 56.7 Å². The van der Waals surface area contributed by atoms with Gasteiger partial charge >= 0.3 is 0 Å². The zero-order valence-corrected chi connectivity index (χ0v) is 11.4. The minimum Gasteiger partial charge on any atom is -0.307 e. The van der Waals surface area contributed by atoms with Gasteiger partial charge in [-0.15, -0.1) is 0 Å². The average Bonchev–Trinajstić information content (AvgIpc) is 2.32. The van der Waals surface area contributed by atoms with Gasteiger partial charge in [-0.1, -0.05) is 31.2 Å². The lowest BCUT2D eigenvalue weighted by Crippen LogP contribution is -2.34. The SMILES string of the molecule is Cc1ccccc1[C@H](C)NC1CCC(C)CC1. The zero-order valence-electron chi connectivity index (χ0n) is 11.4. The second-order valence-corrected chi connectivity index (χ2v) is 5.70. The fourth-order valence-electron chi connectivity index (χ4n) is 2.94. The van der Waals surface area contributed by atoms with Gasteiger partial charge in [0.15, 0.2) is 0 Å².